The predicted molar refractivity (Wildman–Crippen MR) is 57.9 cm³/mol. The van der Waals surface area contributed by atoms with E-state index in [1.165, 1.54) is 12.1 Å². The summed E-state index contributed by atoms with van der Waals surface area (Å²) in [6, 6.07) is 2.72. The van der Waals surface area contributed by atoms with Crippen LogP contribution in [-0.4, -0.2) is 5.78 Å². The van der Waals surface area contributed by atoms with Gasteiger partial charge in [0.05, 0.1) is 5.02 Å². The molecule has 0 saturated heterocycles. The van der Waals surface area contributed by atoms with E-state index in [0.717, 1.165) is 0 Å². The molecule has 15 heavy (non-hydrogen) atoms. The molecule has 1 fully saturated rings. The first-order valence-electron chi connectivity index (χ1n) is 4.68. The summed E-state index contributed by atoms with van der Waals surface area (Å²) in [7, 11) is 0. The molecule has 1 aliphatic carbocycles. The van der Waals surface area contributed by atoms with E-state index >= 15 is 0 Å². The van der Waals surface area contributed by atoms with Crippen molar-refractivity contribution < 1.29 is 9.18 Å². The van der Waals surface area contributed by atoms with Crippen LogP contribution in [0.25, 0.3) is 0 Å². The lowest BCUT2D eigenvalue weighted by molar-refractivity contribution is -0.130. The molecule has 1 nitrogen and oxygen atoms in total. The Morgan fingerprint density at radius 2 is 2.00 bits per heavy atom. The second-order valence-corrected chi connectivity index (χ2v) is 4.67. The van der Waals surface area contributed by atoms with Crippen molar-refractivity contribution in [1.82, 2.24) is 0 Å². The van der Waals surface area contributed by atoms with E-state index in [9.17, 15) is 9.18 Å². The van der Waals surface area contributed by atoms with Crippen molar-refractivity contribution in [3.63, 3.8) is 0 Å². The van der Waals surface area contributed by atoms with Gasteiger partial charge < -0.3 is 0 Å². The van der Waals surface area contributed by atoms with Crippen molar-refractivity contribution in [3.8, 4) is 0 Å². The van der Waals surface area contributed by atoms with Gasteiger partial charge in [0, 0.05) is 23.3 Å². The first kappa shape index (κ1) is 10.9. The van der Waals surface area contributed by atoms with E-state index < -0.39 is 5.82 Å². The third kappa shape index (κ3) is 1.77. The molecule has 0 aromatic heterocycles. The lowest BCUT2D eigenvalue weighted by atomic mass is 9.70. The van der Waals surface area contributed by atoms with Gasteiger partial charge >= 0.3 is 0 Å². The molecule has 0 N–H and O–H groups in total. The third-order valence-corrected chi connectivity index (χ3v) is 3.59. The molecule has 0 spiro atoms. The van der Waals surface area contributed by atoms with Crippen LogP contribution in [0.15, 0.2) is 12.1 Å². The zero-order valence-corrected chi connectivity index (χ0v) is 9.57. The largest absolute Gasteiger partial charge is 0.299 e. The van der Waals surface area contributed by atoms with Crippen LogP contribution in [0, 0.1) is 11.7 Å². The molecule has 0 aliphatic heterocycles. The van der Waals surface area contributed by atoms with E-state index in [2.05, 4.69) is 0 Å². The predicted octanol–water partition coefficient (Wildman–Crippen LogP) is 3.83. The average Bonchev–Trinajstić information content (AvgIpc) is 2.20. The van der Waals surface area contributed by atoms with Crippen LogP contribution in [0.1, 0.15) is 24.8 Å². The molecule has 2 atom stereocenters. The fraction of sp³-hybridized carbons (Fsp3) is 0.364. The van der Waals surface area contributed by atoms with Crippen molar-refractivity contribution in [2.24, 2.45) is 5.92 Å². The second-order valence-electron chi connectivity index (χ2n) is 3.85. The number of hydrogen-bond acceptors (Lipinski definition) is 1. The highest BCUT2D eigenvalue weighted by Gasteiger charge is 2.38. The summed E-state index contributed by atoms with van der Waals surface area (Å²) in [6.45, 7) is 1.83. The van der Waals surface area contributed by atoms with Crippen LogP contribution in [-0.2, 0) is 4.79 Å². The van der Waals surface area contributed by atoms with Crippen molar-refractivity contribution in [2.45, 2.75) is 19.3 Å². The zero-order chi connectivity index (χ0) is 11.2. The van der Waals surface area contributed by atoms with Gasteiger partial charge in [-0.05, 0) is 17.7 Å². The Labute approximate surface area is 97.2 Å². The van der Waals surface area contributed by atoms with Gasteiger partial charge in [0.2, 0.25) is 0 Å². The molecule has 0 bridgehead atoms. The van der Waals surface area contributed by atoms with Crippen LogP contribution in [0.4, 0.5) is 4.39 Å². The maximum absolute atomic E-state index is 13.2. The van der Waals surface area contributed by atoms with Crippen molar-refractivity contribution in [2.75, 3.05) is 0 Å². The number of Topliss-reactive ketones (excluding diaryl/α,β-unsaturated/α-hetero) is 1. The summed E-state index contributed by atoms with van der Waals surface area (Å²) in [5.74, 6) is -0.311. The van der Waals surface area contributed by atoms with E-state index in [-0.39, 0.29) is 22.6 Å². The Bertz CT molecular complexity index is 431. The van der Waals surface area contributed by atoms with Crippen LogP contribution >= 0.6 is 23.2 Å². The number of hydrogen-bond donors (Lipinski definition) is 0. The first-order valence-corrected chi connectivity index (χ1v) is 5.43. The number of carbonyl (C=O) groups is 1. The van der Waals surface area contributed by atoms with Gasteiger partial charge in [-0.15, -0.1) is 0 Å². The van der Waals surface area contributed by atoms with Crippen LogP contribution < -0.4 is 0 Å². The van der Waals surface area contributed by atoms with Crippen LogP contribution in [0.5, 0.6) is 0 Å². The number of rotatable bonds is 1. The molecule has 1 saturated carbocycles. The maximum Gasteiger partial charge on any atom is 0.142 e. The average molecular weight is 247 g/mol. The minimum Gasteiger partial charge on any atom is -0.299 e. The topological polar surface area (TPSA) is 17.1 Å². The van der Waals surface area contributed by atoms with Crippen molar-refractivity contribution in [3.05, 3.63) is 33.6 Å². The Kier molecular flexibility index (Phi) is 2.73. The molecule has 4 heteroatoms. The standard InChI is InChI=1S/C11H9Cl2FO/c1-5-6(3-11(5)15)7-2-10(14)9(13)4-8(7)12/h2,4-6H,3H2,1H3. The summed E-state index contributed by atoms with van der Waals surface area (Å²) >= 11 is 11.6. The molecular weight excluding hydrogens is 238 g/mol. The maximum atomic E-state index is 13.2. The third-order valence-electron chi connectivity index (χ3n) is 2.97. The van der Waals surface area contributed by atoms with Crippen LogP contribution in [0.3, 0.4) is 0 Å². The molecule has 0 heterocycles. The van der Waals surface area contributed by atoms with E-state index in [4.69, 9.17) is 23.2 Å². The van der Waals surface area contributed by atoms with E-state index in [1.807, 2.05) is 6.92 Å². The highest BCUT2D eigenvalue weighted by Crippen LogP contribution is 2.43. The lowest BCUT2D eigenvalue weighted by Gasteiger charge is -2.33. The number of ketones is 1. The Morgan fingerprint density at radius 1 is 1.33 bits per heavy atom. The van der Waals surface area contributed by atoms with Gasteiger partial charge in [-0.25, -0.2) is 4.39 Å². The van der Waals surface area contributed by atoms with Crippen molar-refractivity contribution >= 4 is 29.0 Å². The number of benzene rings is 1. The molecule has 2 unspecified atom stereocenters. The highest BCUT2D eigenvalue weighted by molar-refractivity contribution is 6.35. The number of carbonyl (C=O) groups excluding carboxylic acids is 1. The lowest BCUT2D eigenvalue weighted by Crippen LogP contribution is -2.33. The second kappa shape index (κ2) is 3.76. The summed E-state index contributed by atoms with van der Waals surface area (Å²) in [6.07, 6.45) is 0.446. The van der Waals surface area contributed by atoms with Gasteiger partial charge in [-0.3, -0.25) is 4.79 Å². The quantitative estimate of drug-likeness (QED) is 0.689. The molecule has 1 aliphatic rings. The Balaban J connectivity index is 2.37. The van der Waals surface area contributed by atoms with Gasteiger partial charge in [0.15, 0.2) is 0 Å². The molecule has 2 rings (SSSR count). The summed E-state index contributed by atoms with van der Waals surface area (Å²) in [5.41, 5.74) is 0.686. The van der Waals surface area contributed by atoms with Gasteiger partial charge in [-0.2, -0.15) is 0 Å². The SMILES string of the molecule is CC1C(=O)CC1c1cc(F)c(Cl)cc1Cl. The minimum absolute atomic E-state index is 0.0158. The first-order chi connectivity index (χ1) is 7.00. The fourth-order valence-corrected chi connectivity index (χ4v) is 2.37. The number of halogens is 3. The fourth-order valence-electron chi connectivity index (χ4n) is 1.84. The normalized spacial score (nSPS) is 25.2. The highest BCUT2D eigenvalue weighted by atomic mass is 35.5. The van der Waals surface area contributed by atoms with Gasteiger partial charge in [0.25, 0.3) is 0 Å². The summed E-state index contributed by atoms with van der Waals surface area (Å²) < 4.78 is 13.2. The molecule has 0 radical (unpaired) electrons. The van der Waals surface area contributed by atoms with Crippen LogP contribution in [0.2, 0.25) is 10.0 Å². The summed E-state index contributed by atoms with van der Waals surface area (Å²) in [5, 5.41) is 0.452. The van der Waals surface area contributed by atoms with E-state index in [1.54, 1.807) is 0 Å². The molecule has 1 aromatic rings. The van der Waals surface area contributed by atoms with Gasteiger partial charge in [-0.1, -0.05) is 30.1 Å². The Hall–Kier alpha value is -0.600. The molecule has 1 aromatic carbocycles. The molecule has 0 amide bonds. The van der Waals surface area contributed by atoms with E-state index in [0.29, 0.717) is 17.0 Å². The van der Waals surface area contributed by atoms with Crippen molar-refractivity contribution in [1.29, 1.82) is 0 Å². The minimum atomic E-state index is -0.484. The Morgan fingerprint density at radius 3 is 2.53 bits per heavy atom. The summed E-state index contributed by atoms with van der Waals surface area (Å²) in [4.78, 5) is 11.1. The molecule has 80 valence electrons. The zero-order valence-electron chi connectivity index (χ0n) is 8.06. The smallest absolute Gasteiger partial charge is 0.142 e. The molecular formula is C11H9Cl2FO. The van der Waals surface area contributed by atoms with Gasteiger partial charge in [0.1, 0.15) is 11.6 Å². The monoisotopic (exact) mass is 246 g/mol.